The lowest BCUT2D eigenvalue weighted by Gasteiger charge is -2.55. The zero-order valence-corrected chi connectivity index (χ0v) is 21.4. The van der Waals surface area contributed by atoms with Crippen molar-refractivity contribution in [3.05, 3.63) is 88.4 Å². The lowest BCUT2D eigenvalue weighted by Crippen LogP contribution is -2.66. The van der Waals surface area contributed by atoms with Crippen molar-refractivity contribution in [1.82, 2.24) is 4.31 Å². The number of hydrogen-bond donors (Lipinski definition) is 1. The van der Waals surface area contributed by atoms with Gasteiger partial charge in [0.05, 0.1) is 21.2 Å². The number of aliphatic carboxylic acids is 1. The second-order valence-electron chi connectivity index (χ2n) is 7.97. The van der Waals surface area contributed by atoms with Crippen LogP contribution in [0.5, 0.6) is 0 Å². The van der Waals surface area contributed by atoms with Crippen LogP contribution >= 0.6 is 46.4 Å². The molecule has 0 saturated heterocycles. The maximum Gasteiger partial charge on any atom is 0.318 e. The van der Waals surface area contributed by atoms with Crippen LogP contribution in [0.4, 0.5) is 0 Å². The fraction of sp³-hybridized carbons (Fsp3) is 0.208. The number of alkyl halides is 2. The van der Waals surface area contributed by atoms with Crippen LogP contribution in [0.2, 0.25) is 10.0 Å². The van der Waals surface area contributed by atoms with Crippen LogP contribution in [0.3, 0.4) is 0 Å². The molecule has 0 amide bonds. The van der Waals surface area contributed by atoms with E-state index in [0.717, 1.165) is 4.31 Å². The van der Waals surface area contributed by atoms with Crippen molar-refractivity contribution >= 4 is 62.4 Å². The number of sulfonamides is 1. The van der Waals surface area contributed by atoms with Gasteiger partial charge < -0.3 is 5.11 Å². The number of nitrogens with zero attached hydrogens (tertiary/aromatic N) is 1. The van der Waals surface area contributed by atoms with Crippen LogP contribution in [-0.2, 0) is 20.4 Å². The number of halogens is 4. The molecule has 3 atom stereocenters. The molecule has 0 spiro atoms. The van der Waals surface area contributed by atoms with E-state index >= 15 is 0 Å². The normalized spacial score (nSPS) is 22.4. The number of carboxylic acid groups (broad SMARTS) is 1. The molecular formula is C24H19Cl4NO4S. The van der Waals surface area contributed by atoms with E-state index < -0.39 is 38.8 Å². The smallest absolute Gasteiger partial charge is 0.318 e. The Labute approximate surface area is 217 Å². The Balaban J connectivity index is 1.90. The third kappa shape index (κ3) is 4.43. The van der Waals surface area contributed by atoms with Gasteiger partial charge in [0.15, 0.2) is 0 Å². The Kier molecular flexibility index (Phi) is 7.21. The second kappa shape index (κ2) is 9.69. The van der Waals surface area contributed by atoms with Gasteiger partial charge in [-0.3, -0.25) is 4.79 Å². The lowest BCUT2D eigenvalue weighted by molar-refractivity contribution is -0.138. The van der Waals surface area contributed by atoms with Crippen LogP contribution in [0.25, 0.3) is 11.1 Å². The van der Waals surface area contributed by atoms with Gasteiger partial charge in [-0.1, -0.05) is 65.7 Å². The molecule has 1 fully saturated rings. The number of carboxylic acids is 1. The maximum atomic E-state index is 13.7. The monoisotopic (exact) mass is 557 g/mol. The Morgan fingerprint density at radius 2 is 1.71 bits per heavy atom. The van der Waals surface area contributed by atoms with Crippen LogP contribution in [-0.4, -0.2) is 41.1 Å². The highest BCUT2D eigenvalue weighted by molar-refractivity contribution is 7.89. The summed E-state index contributed by atoms with van der Waals surface area (Å²) in [4.78, 5) is 11.8. The minimum absolute atomic E-state index is 0.0329. The van der Waals surface area contributed by atoms with E-state index in [1.54, 1.807) is 54.6 Å². The quantitative estimate of drug-likeness (QED) is 0.348. The molecule has 178 valence electrons. The van der Waals surface area contributed by atoms with Crippen LogP contribution in [0.15, 0.2) is 77.7 Å². The van der Waals surface area contributed by atoms with Crippen LogP contribution < -0.4 is 0 Å². The highest BCUT2D eigenvalue weighted by Crippen LogP contribution is 2.54. The Morgan fingerprint density at radius 1 is 1.00 bits per heavy atom. The molecule has 1 aliphatic rings. The molecule has 4 rings (SSSR count). The van der Waals surface area contributed by atoms with E-state index in [9.17, 15) is 18.3 Å². The van der Waals surface area contributed by atoms with Crippen molar-refractivity contribution in [1.29, 1.82) is 0 Å². The van der Waals surface area contributed by atoms with E-state index in [2.05, 4.69) is 0 Å². The van der Waals surface area contributed by atoms with Gasteiger partial charge in [-0.05, 0) is 47.9 Å². The Hall–Kier alpha value is -1.80. The molecular weight excluding hydrogens is 540 g/mol. The average molecular weight is 559 g/mol. The lowest BCUT2D eigenvalue weighted by atomic mass is 9.70. The average Bonchev–Trinajstić information content (AvgIpc) is 2.81. The van der Waals surface area contributed by atoms with E-state index in [1.165, 1.54) is 12.1 Å². The summed E-state index contributed by atoms with van der Waals surface area (Å²) in [5, 5.41) is 9.14. The van der Waals surface area contributed by atoms with E-state index in [4.69, 9.17) is 46.4 Å². The molecule has 0 radical (unpaired) electrons. The van der Waals surface area contributed by atoms with Crippen LogP contribution in [0.1, 0.15) is 12.0 Å². The minimum atomic E-state index is -4.24. The predicted molar refractivity (Wildman–Crippen MR) is 135 cm³/mol. The highest BCUT2D eigenvalue weighted by atomic mass is 35.5. The molecule has 34 heavy (non-hydrogen) atoms. The third-order valence-electron chi connectivity index (χ3n) is 5.94. The molecule has 0 bridgehead atoms. The van der Waals surface area contributed by atoms with Gasteiger partial charge in [0.2, 0.25) is 10.0 Å². The Bertz CT molecular complexity index is 1340. The summed E-state index contributed by atoms with van der Waals surface area (Å²) >= 11 is 25.5. The van der Waals surface area contributed by atoms with Crippen LogP contribution in [0, 0.1) is 0 Å². The molecule has 3 unspecified atom stereocenters. The summed E-state index contributed by atoms with van der Waals surface area (Å²) < 4.78 is 28.4. The first-order valence-electron chi connectivity index (χ1n) is 10.2. The first-order valence-corrected chi connectivity index (χ1v) is 13.3. The number of carbonyl (C=O) groups is 1. The van der Waals surface area contributed by atoms with Crippen molar-refractivity contribution in [3.8, 4) is 11.1 Å². The molecule has 3 aromatic carbocycles. The van der Waals surface area contributed by atoms with Crippen molar-refractivity contribution in [2.45, 2.75) is 27.6 Å². The van der Waals surface area contributed by atoms with E-state index in [1.807, 2.05) is 6.07 Å². The van der Waals surface area contributed by atoms with Crippen molar-refractivity contribution in [2.24, 2.45) is 0 Å². The summed E-state index contributed by atoms with van der Waals surface area (Å²) in [6.45, 7) is -0.782. The molecule has 1 saturated carbocycles. The molecule has 1 aliphatic carbocycles. The minimum Gasteiger partial charge on any atom is -0.480 e. The molecule has 1 N–H and O–H groups in total. The summed E-state index contributed by atoms with van der Waals surface area (Å²) in [5.41, 5.74) is 0.531. The summed E-state index contributed by atoms with van der Waals surface area (Å²) in [6.07, 6.45) is 0.139. The first-order chi connectivity index (χ1) is 16.1. The second-order valence-corrected chi connectivity index (χ2v) is 11.7. The molecule has 0 aliphatic heterocycles. The van der Waals surface area contributed by atoms with Gasteiger partial charge in [0.25, 0.3) is 0 Å². The van der Waals surface area contributed by atoms with Gasteiger partial charge in [0.1, 0.15) is 6.54 Å². The largest absolute Gasteiger partial charge is 0.480 e. The molecule has 0 aromatic heterocycles. The van der Waals surface area contributed by atoms with E-state index in [-0.39, 0.29) is 11.3 Å². The summed E-state index contributed by atoms with van der Waals surface area (Å²) in [6, 6.07) is 19.8. The topological polar surface area (TPSA) is 74.7 Å². The standard InChI is InChI=1S/C24H19Cl4NO4S/c25-17-9-10-19(20(26)12-17)15-5-4-6-16(11-15)24(13-21(27)23(24)28)29(14-22(30)31)34(32,33)18-7-2-1-3-8-18/h1-12,21,23H,13-14H2,(H,30,31). The van der Waals surface area contributed by atoms with Gasteiger partial charge in [0, 0.05) is 15.6 Å². The third-order valence-corrected chi connectivity index (χ3v) is 9.59. The van der Waals surface area contributed by atoms with Crippen molar-refractivity contribution in [2.75, 3.05) is 6.54 Å². The summed E-state index contributed by atoms with van der Waals surface area (Å²) in [7, 11) is -4.24. The van der Waals surface area contributed by atoms with Gasteiger partial charge in [-0.15, -0.1) is 23.2 Å². The molecule has 0 heterocycles. The zero-order chi connectivity index (χ0) is 24.7. The predicted octanol–water partition coefficient (Wildman–Crippen LogP) is 6.25. The summed E-state index contributed by atoms with van der Waals surface area (Å²) in [5.74, 6) is -1.31. The van der Waals surface area contributed by atoms with Crippen molar-refractivity contribution < 1.29 is 18.3 Å². The first kappa shape index (κ1) is 25.3. The maximum absolute atomic E-state index is 13.7. The zero-order valence-electron chi connectivity index (χ0n) is 17.5. The number of rotatable bonds is 7. The number of hydrogen-bond acceptors (Lipinski definition) is 3. The molecule has 3 aromatic rings. The fourth-order valence-electron chi connectivity index (χ4n) is 4.28. The molecule has 10 heteroatoms. The van der Waals surface area contributed by atoms with E-state index in [0.29, 0.717) is 26.7 Å². The van der Waals surface area contributed by atoms with Gasteiger partial charge >= 0.3 is 5.97 Å². The SMILES string of the molecule is O=C(O)CN(C1(c2cccc(-c3ccc(Cl)cc3Cl)c2)CC(Cl)C1Cl)S(=O)(=O)c1ccccc1. The van der Waals surface area contributed by atoms with Crippen molar-refractivity contribution in [3.63, 3.8) is 0 Å². The fourth-order valence-corrected chi connectivity index (χ4v) is 7.47. The highest BCUT2D eigenvalue weighted by Gasteiger charge is 2.61. The molecule has 5 nitrogen and oxygen atoms in total. The van der Waals surface area contributed by atoms with Gasteiger partial charge in [-0.25, -0.2) is 8.42 Å². The Morgan fingerprint density at radius 3 is 2.29 bits per heavy atom. The number of benzene rings is 3. The van der Waals surface area contributed by atoms with Gasteiger partial charge in [-0.2, -0.15) is 4.31 Å².